The van der Waals surface area contributed by atoms with Gasteiger partial charge >= 0.3 is 5.97 Å². The largest absolute Gasteiger partial charge is 0.489 e. The SMILES string of the molecule is CC1(C)C(Oc2ccc(C#N)c(Cl)c2)C(C)(C)C1N1C(=O)CC[C@@H](n2nnc3ccc([C@H](C(=O)O)N4[C@@H](CN5CCC(CC#Cc6ccc(C(N)=O)cn6)CC5)C5CCN4CC5)cc3c2=O)C1=O. The minimum Gasteiger partial charge on any atom is -0.489 e. The number of carbonyl (C=O) groups is 4. The zero-order valence-corrected chi connectivity index (χ0v) is 39.4. The smallest absolute Gasteiger partial charge is 0.326 e. The van der Waals surface area contributed by atoms with Crippen molar-refractivity contribution in [3.8, 4) is 23.7 Å². The van der Waals surface area contributed by atoms with Crippen LogP contribution in [0.1, 0.15) is 112 Å². The molecular formula is C50H55ClN10O7. The Morgan fingerprint density at radius 1 is 0.971 bits per heavy atom. The lowest BCUT2D eigenvalue weighted by Crippen LogP contribution is -2.77. The van der Waals surface area contributed by atoms with Crippen molar-refractivity contribution >= 4 is 46.2 Å². The molecule has 2 aromatic heterocycles. The molecule has 3 N–H and O–H groups in total. The number of fused-ring (bicyclic) bond motifs is 4. The van der Waals surface area contributed by atoms with E-state index in [0.29, 0.717) is 46.5 Å². The molecule has 4 aromatic rings. The van der Waals surface area contributed by atoms with E-state index in [0.717, 1.165) is 63.0 Å². The summed E-state index contributed by atoms with van der Waals surface area (Å²) in [6.07, 6.45) is 5.60. The number of carbonyl (C=O) groups excluding carboxylic acids is 3. The van der Waals surface area contributed by atoms with Crippen molar-refractivity contribution < 1.29 is 29.0 Å². The van der Waals surface area contributed by atoms with Crippen LogP contribution in [-0.2, 0) is 14.4 Å². The Kier molecular flexibility index (Phi) is 12.6. The van der Waals surface area contributed by atoms with Gasteiger partial charge in [-0.15, -0.1) is 5.10 Å². The summed E-state index contributed by atoms with van der Waals surface area (Å²) in [4.78, 5) is 75.6. The van der Waals surface area contributed by atoms with Crippen molar-refractivity contribution in [1.82, 2.24) is 39.8 Å². The second-order valence-electron chi connectivity index (χ2n) is 20.1. The Hall–Kier alpha value is -6.24. The van der Waals surface area contributed by atoms with Crippen LogP contribution in [0.25, 0.3) is 10.9 Å². The zero-order valence-electron chi connectivity index (χ0n) is 38.6. The van der Waals surface area contributed by atoms with Crippen LogP contribution in [-0.4, -0.2) is 120 Å². The molecule has 1 aliphatic carbocycles. The molecule has 17 nitrogen and oxygen atoms in total. The predicted molar refractivity (Wildman–Crippen MR) is 250 cm³/mol. The summed E-state index contributed by atoms with van der Waals surface area (Å²) in [7, 11) is 0. The second-order valence-corrected chi connectivity index (χ2v) is 20.5. The minimum absolute atomic E-state index is 0.00433. The summed E-state index contributed by atoms with van der Waals surface area (Å²) in [5.41, 5.74) is 5.21. The lowest BCUT2D eigenvalue weighted by molar-refractivity contribution is -0.216. The Bertz CT molecular complexity index is 2820. The van der Waals surface area contributed by atoms with Crippen LogP contribution >= 0.6 is 11.6 Å². The number of carboxylic acids is 1. The Labute approximate surface area is 399 Å². The fraction of sp³-hybridized carbons (Fsp3) is 0.500. The van der Waals surface area contributed by atoms with E-state index in [9.17, 15) is 34.3 Å². The number of primary amides is 1. The number of aliphatic carboxylic acids is 1. The van der Waals surface area contributed by atoms with Gasteiger partial charge in [0.25, 0.3) is 11.5 Å². The molecule has 354 valence electrons. The van der Waals surface area contributed by atoms with E-state index >= 15 is 0 Å². The number of amides is 3. The topological polar surface area (TPSA) is 221 Å². The number of benzene rings is 2. The van der Waals surface area contributed by atoms with Crippen LogP contribution in [0.4, 0.5) is 0 Å². The number of carboxylic acid groups (broad SMARTS) is 1. The second kappa shape index (κ2) is 18.3. The van der Waals surface area contributed by atoms with Gasteiger partial charge in [-0.2, -0.15) is 9.94 Å². The number of hydrazine groups is 1. The lowest BCUT2D eigenvalue weighted by atomic mass is 9.48. The predicted octanol–water partition coefficient (Wildman–Crippen LogP) is 4.97. The number of halogens is 1. The highest BCUT2D eigenvalue weighted by atomic mass is 35.5. The van der Waals surface area contributed by atoms with Crippen molar-refractivity contribution in [2.75, 3.05) is 32.7 Å². The summed E-state index contributed by atoms with van der Waals surface area (Å²) in [6.45, 7) is 11.6. The molecule has 2 bridgehead atoms. The van der Waals surface area contributed by atoms with Crippen molar-refractivity contribution in [3.63, 3.8) is 0 Å². The number of nitrogens with two attached hydrogens (primary N) is 1. The number of aromatic nitrogens is 4. The van der Waals surface area contributed by atoms with E-state index in [1.54, 1.807) is 48.5 Å². The van der Waals surface area contributed by atoms with Crippen molar-refractivity contribution in [2.24, 2.45) is 28.4 Å². The van der Waals surface area contributed by atoms with Crippen LogP contribution in [0.15, 0.2) is 59.5 Å². The number of hydrogen-bond acceptors (Lipinski definition) is 13. The molecular weight excluding hydrogens is 888 g/mol. The van der Waals surface area contributed by atoms with Gasteiger partial charge < -0.3 is 20.5 Å². The Morgan fingerprint density at radius 3 is 2.35 bits per heavy atom. The van der Waals surface area contributed by atoms with Gasteiger partial charge in [-0.05, 0) is 105 Å². The van der Waals surface area contributed by atoms with Gasteiger partial charge in [0.2, 0.25) is 11.8 Å². The van der Waals surface area contributed by atoms with Gasteiger partial charge in [0.15, 0.2) is 0 Å². The molecule has 6 aliphatic rings. The van der Waals surface area contributed by atoms with Gasteiger partial charge in [0.05, 0.1) is 27.6 Å². The summed E-state index contributed by atoms with van der Waals surface area (Å²) in [5, 5.41) is 33.5. The molecule has 5 saturated heterocycles. The zero-order chi connectivity index (χ0) is 48.2. The first-order chi connectivity index (χ1) is 32.5. The average molecular weight is 944 g/mol. The maximum atomic E-state index is 14.6. The molecule has 0 unspecified atom stereocenters. The van der Waals surface area contributed by atoms with Crippen molar-refractivity contribution in [3.05, 3.63) is 92.5 Å². The molecule has 68 heavy (non-hydrogen) atoms. The molecule has 10 rings (SSSR count). The highest BCUT2D eigenvalue weighted by Gasteiger charge is 2.68. The van der Waals surface area contributed by atoms with E-state index in [2.05, 4.69) is 37.0 Å². The quantitative estimate of drug-likeness (QED) is 0.150. The van der Waals surface area contributed by atoms with Gasteiger partial charge in [0.1, 0.15) is 41.2 Å². The van der Waals surface area contributed by atoms with Gasteiger partial charge in [-0.1, -0.05) is 56.5 Å². The number of piperidine rings is 3. The fourth-order valence-electron chi connectivity index (χ4n) is 12.1. The maximum absolute atomic E-state index is 14.6. The fourth-order valence-corrected chi connectivity index (χ4v) is 12.3. The molecule has 0 spiro atoms. The number of nitriles is 1. The summed E-state index contributed by atoms with van der Waals surface area (Å²) in [6, 6.07) is 12.2. The van der Waals surface area contributed by atoms with Crippen LogP contribution in [0.2, 0.25) is 5.02 Å². The lowest BCUT2D eigenvalue weighted by Gasteiger charge is -2.65. The third-order valence-electron chi connectivity index (χ3n) is 15.1. The highest BCUT2D eigenvalue weighted by molar-refractivity contribution is 6.31. The van der Waals surface area contributed by atoms with E-state index in [-0.39, 0.29) is 40.7 Å². The molecule has 18 heteroatoms. The number of imide groups is 1. The maximum Gasteiger partial charge on any atom is 0.326 e. The molecule has 3 amide bonds. The number of likely N-dealkylation sites (tertiary alicyclic amines) is 2. The third kappa shape index (κ3) is 8.50. The van der Waals surface area contributed by atoms with E-state index in [1.165, 1.54) is 11.1 Å². The third-order valence-corrected chi connectivity index (χ3v) is 15.4. The molecule has 0 radical (unpaired) electrons. The number of nitrogens with zero attached hydrogens (tertiary/aromatic N) is 9. The summed E-state index contributed by atoms with van der Waals surface area (Å²) >= 11 is 6.31. The molecule has 7 heterocycles. The van der Waals surface area contributed by atoms with Gasteiger partial charge in [-0.25, -0.2) is 15.0 Å². The van der Waals surface area contributed by atoms with E-state index in [4.69, 9.17) is 22.1 Å². The van der Waals surface area contributed by atoms with Crippen LogP contribution in [0.3, 0.4) is 0 Å². The molecule has 1 saturated carbocycles. The van der Waals surface area contributed by atoms with Crippen molar-refractivity contribution in [1.29, 1.82) is 5.26 Å². The first-order valence-corrected chi connectivity index (χ1v) is 23.7. The number of rotatable bonds is 11. The van der Waals surface area contributed by atoms with Crippen LogP contribution in [0, 0.1) is 45.8 Å². The monoisotopic (exact) mass is 942 g/mol. The molecule has 5 aliphatic heterocycles. The number of ether oxygens (including phenoxy) is 1. The van der Waals surface area contributed by atoms with E-state index in [1.807, 2.05) is 38.8 Å². The van der Waals surface area contributed by atoms with Gasteiger partial charge in [-0.3, -0.25) is 28.9 Å². The normalized spacial score (nSPS) is 26.3. The average Bonchev–Trinajstić information content (AvgIpc) is 3.31. The number of hydrogen-bond donors (Lipinski definition) is 2. The van der Waals surface area contributed by atoms with Crippen molar-refractivity contribution in [2.45, 2.75) is 103 Å². The summed E-state index contributed by atoms with van der Waals surface area (Å²) < 4.78 is 7.49. The number of pyridine rings is 1. The van der Waals surface area contributed by atoms with Crippen LogP contribution in [0.5, 0.6) is 5.75 Å². The first-order valence-electron chi connectivity index (χ1n) is 23.3. The first kappa shape index (κ1) is 46.9. The van der Waals surface area contributed by atoms with Gasteiger partial charge in [0, 0.05) is 61.6 Å². The Balaban J connectivity index is 0.919. The minimum atomic E-state index is -1.12. The van der Waals surface area contributed by atoms with Crippen LogP contribution < -0.4 is 16.0 Å². The highest BCUT2D eigenvalue weighted by Crippen LogP contribution is 2.59. The standard InChI is InChI=1S/C50H55ClN10O7/c1-49(2)47(50(3,4)48(49)68-35-12-9-32(26-52)37(51)25-35)59-41(62)15-14-39(45(59)65)60-44(64)36-24-31(10-13-38(36)55-56-60)42(46(66)67)61-40(30-18-22-58(61)23-19-30)28-57-20-16-29(17-21-57)6-5-7-34-11-8-33(27-54-34)43(53)63/h8-13,24-25,27,29-30,39-40,42,47-48H,6,14-23,28H2,1-4H3,(H2,53,63)(H,66,67)/t39-,40+,42-,47?,48?/m1/s1. The summed E-state index contributed by atoms with van der Waals surface area (Å²) in [5.74, 6) is 5.04. The molecule has 3 atom stereocenters. The molecule has 6 fully saturated rings. The Morgan fingerprint density at radius 2 is 1.71 bits per heavy atom. The molecule has 2 aromatic carbocycles. The van der Waals surface area contributed by atoms with E-state index < -0.39 is 58.4 Å².